The van der Waals surface area contributed by atoms with Crippen LogP contribution in [0.15, 0.2) is 12.2 Å². The van der Waals surface area contributed by atoms with E-state index in [-0.39, 0.29) is 18.1 Å². The molecule has 0 aromatic heterocycles. The summed E-state index contributed by atoms with van der Waals surface area (Å²) in [7, 11) is 0. The van der Waals surface area contributed by atoms with E-state index in [1.807, 2.05) is 0 Å². The van der Waals surface area contributed by atoms with Crippen molar-refractivity contribution in [1.82, 2.24) is 5.32 Å². The van der Waals surface area contributed by atoms with Crippen molar-refractivity contribution >= 4 is 0 Å². The maximum absolute atomic E-state index is 11.0. The lowest BCUT2D eigenvalue weighted by atomic mass is 9.32. The summed E-state index contributed by atoms with van der Waals surface area (Å²) in [5, 5.41) is 24.1. The lowest BCUT2D eigenvalue weighted by Gasteiger charge is -2.73. The van der Waals surface area contributed by atoms with Crippen molar-refractivity contribution in [3.8, 4) is 0 Å². The van der Waals surface area contributed by atoms with Crippen LogP contribution in [0, 0.1) is 56.7 Å². The molecule has 0 spiro atoms. The van der Waals surface area contributed by atoms with Crippen LogP contribution in [0.1, 0.15) is 106 Å². The van der Waals surface area contributed by atoms with Crippen molar-refractivity contribution < 1.29 is 10.2 Å². The van der Waals surface area contributed by atoms with Gasteiger partial charge in [0, 0.05) is 13.1 Å². The molecule has 3 N–H and O–H groups in total. The average molecular weight is 486 g/mol. The number of nitrogens with one attached hydrogen (secondary N) is 1. The van der Waals surface area contributed by atoms with Crippen LogP contribution in [0.2, 0.25) is 0 Å². The van der Waals surface area contributed by atoms with Crippen molar-refractivity contribution in [2.45, 2.75) is 112 Å². The van der Waals surface area contributed by atoms with Gasteiger partial charge in [0.25, 0.3) is 0 Å². The van der Waals surface area contributed by atoms with Gasteiger partial charge in [-0.25, -0.2) is 0 Å². The van der Waals surface area contributed by atoms with E-state index in [1.54, 1.807) is 0 Å². The molecule has 0 amide bonds. The van der Waals surface area contributed by atoms with Crippen molar-refractivity contribution in [3.63, 3.8) is 0 Å². The van der Waals surface area contributed by atoms with Gasteiger partial charge >= 0.3 is 0 Å². The molecule has 0 heterocycles. The molecule has 35 heavy (non-hydrogen) atoms. The molecule has 5 aliphatic carbocycles. The SMILES string of the molecule is C=C(C)[C@@H]1CC[C@]2(CNCCO)CC[C@]3(C)[C@H](CC[C@@H]4[C@@]5(C)CC[C@H](O)C(C)(C)C5CC[C@]43C)[C@@H]12. The Balaban J connectivity index is 1.51. The van der Waals surface area contributed by atoms with Crippen molar-refractivity contribution in [2.24, 2.45) is 56.7 Å². The number of hydrogen-bond acceptors (Lipinski definition) is 3. The molecule has 5 rings (SSSR count). The second kappa shape index (κ2) is 8.57. The molecule has 0 radical (unpaired) electrons. The highest BCUT2D eigenvalue weighted by Gasteiger charge is 2.70. The Morgan fingerprint density at radius 3 is 2.29 bits per heavy atom. The van der Waals surface area contributed by atoms with Crippen LogP contribution in [-0.2, 0) is 0 Å². The van der Waals surface area contributed by atoms with E-state index in [1.165, 1.54) is 63.4 Å². The first-order chi connectivity index (χ1) is 16.4. The number of fused-ring (bicyclic) bond motifs is 7. The number of rotatable bonds is 5. The molecule has 1 unspecified atom stereocenters. The van der Waals surface area contributed by atoms with Crippen molar-refractivity contribution in [2.75, 3.05) is 19.7 Å². The predicted molar refractivity (Wildman–Crippen MR) is 145 cm³/mol. The Morgan fingerprint density at radius 1 is 0.857 bits per heavy atom. The molecular formula is C32H55NO2. The van der Waals surface area contributed by atoms with Gasteiger partial charge in [-0.1, -0.05) is 46.8 Å². The maximum Gasteiger partial charge on any atom is 0.0594 e. The second-order valence-electron chi connectivity index (χ2n) is 15.3. The zero-order chi connectivity index (χ0) is 25.4. The fourth-order valence-corrected chi connectivity index (χ4v) is 12.0. The van der Waals surface area contributed by atoms with Crippen LogP contribution >= 0.6 is 0 Å². The van der Waals surface area contributed by atoms with Gasteiger partial charge in [0.1, 0.15) is 0 Å². The van der Waals surface area contributed by atoms with Gasteiger partial charge in [0.05, 0.1) is 12.7 Å². The predicted octanol–water partition coefficient (Wildman–Crippen LogP) is 6.59. The zero-order valence-corrected chi connectivity index (χ0v) is 23.8. The second-order valence-corrected chi connectivity index (χ2v) is 15.3. The first-order valence-electron chi connectivity index (χ1n) is 15.0. The summed E-state index contributed by atoms with van der Waals surface area (Å²) in [5.41, 5.74) is 2.94. The van der Waals surface area contributed by atoms with Crippen molar-refractivity contribution in [3.05, 3.63) is 12.2 Å². The lowest BCUT2D eigenvalue weighted by molar-refractivity contribution is -0.247. The van der Waals surface area contributed by atoms with E-state index in [2.05, 4.69) is 53.4 Å². The first-order valence-corrected chi connectivity index (χ1v) is 15.0. The molecule has 10 atom stereocenters. The third kappa shape index (κ3) is 3.46. The van der Waals surface area contributed by atoms with Crippen LogP contribution in [0.3, 0.4) is 0 Å². The molecule has 0 bridgehead atoms. The molecule has 3 nitrogen and oxygen atoms in total. The van der Waals surface area contributed by atoms with Crippen LogP contribution in [-0.4, -0.2) is 36.0 Å². The van der Waals surface area contributed by atoms with Gasteiger partial charge in [-0.3, -0.25) is 0 Å². The minimum Gasteiger partial charge on any atom is -0.395 e. The quantitative estimate of drug-likeness (QED) is 0.304. The summed E-state index contributed by atoms with van der Waals surface area (Å²) in [5.74, 6) is 3.58. The first kappa shape index (κ1) is 26.2. The summed E-state index contributed by atoms with van der Waals surface area (Å²) >= 11 is 0. The molecule has 0 aromatic rings. The standard InChI is InChI=1S/C32H55NO2/c1-21(2)22-10-15-32(20-33-18-19-34)17-16-30(6)23(27(22)32)8-9-25-29(5)13-12-26(35)28(3,4)24(29)11-14-31(25,30)7/h22-27,33-35H,1,8-20H2,2-7H3/t22-,23+,24?,25+,26-,27+,29-,30+,31+,32+/m0/s1. The average Bonchev–Trinajstić information content (AvgIpc) is 3.17. The van der Waals surface area contributed by atoms with Crippen LogP contribution in [0.25, 0.3) is 0 Å². The van der Waals surface area contributed by atoms with Crippen LogP contribution < -0.4 is 5.32 Å². The van der Waals surface area contributed by atoms with Gasteiger partial charge in [0.2, 0.25) is 0 Å². The van der Waals surface area contributed by atoms with Crippen molar-refractivity contribution in [1.29, 1.82) is 0 Å². The number of aliphatic hydroxyl groups is 2. The van der Waals surface area contributed by atoms with Gasteiger partial charge in [-0.2, -0.15) is 0 Å². The van der Waals surface area contributed by atoms with E-state index >= 15 is 0 Å². The zero-order valence-electron chi connectivity index (χ0n) is 23.8. The summed E-state index contributed by atoms with van der Waals surface area (Å²) in [6.45, 7) is 21.6. The smallest absolute Gasteiger partial charge is 0.0594 e. The van der Waals surface area contributed by atoms with Gasteiger partial charge in [-0.15, -0.1) is 0 Å². The van der Waals surface area contributed by atoms with E-state index in [0.717, 1.165) is 37.3 Å². The Kier molecular flexibility index (Phi) is 6.42. The normalized spacial score (nSPS) is 52.7. The van der Waals surface area contributed by atoms with Gasteiger partial charge < -0.3 is 15.5 Å². The Morgan fingerprint density at radius 2 is 1.60 bits per heavy atom. The number of hydrogen-bond donors (Lipinski definition) is 3. The van der Waals surface area contributed by atoms with E-state index in [4.69, 9.17) is 0 Å². The van der Waals surface area contributed by atoms with Gasteiger partial charge in [0.15, 0.2) is 0 Å². The van der Waals surface area contributed by atoms with E-state index in [9.17, 15) is 10.2 Å². The largest absolute Gasteiger partial charge is 0.395 e. The maximum atomic E-state index is 11.0. The Hall–Kier alpha value is -0.380. The molecule has 5 fully saturated rings. The molecule has 5 saturated carbocycles. The molecule has 0 aromatic carbocycles. The molecule has 5 aliphatic rings. The molecular weight excluding hydrogens is 430 g/mol. The highest BCUT2D eigenvalue weighted by atomic mass is 16.3. The minimum atomic E-state index is -0.145. The van der Waals surface area contributed by atoms with Crippen LogP contribution in [0.4, 0.5) is 0 Å². The molecule has 0 saturated heterocycles. The molecule has 200 valence electrons. The highest BCUT2D eigenvalue weighted by molar-refractivity contribution is 5.21. The molecule has 0 aliphatic heterocycles. The lowest BCUT2D eigenvalue weighted by Crippen LogP contribution is -2.67. The highest BCUT2D eigenvalue weighted by Crippen LogP contribution is 2.77. The third-order valence-electron chi connectivity index (χ3n) is 14.0. The van der Waals surface area contributed by atoms with Crippen LogP contribution in [0.5, 0.6) is 0 Å². The number of allylic oxidation sites excluding steroid dienone is 1. The third-order valence-corrected chi connectivity index (χ3v) is 14.0. The summed E-state index contributed by atoms with van der Waals surface area (Å²) in [6.07, 6.45) is 12.7. The monoisotopic (exact) mass is 485 g/mol. The fraction of sp³-hybridized carbons (Fsp3) is 0.938. The fourth-order valence-electron chi connectivity index (χ4n) is 12.0. The number of aliphatic hydroxyl groups excluding tert-OH is 2. The molecule has 3 heteroatoms. The minimum absolute atomic E-state index is 0.0304. The summed E-state index contributed by atoms with van der Waals surface area (Å²) in [6, 6.07) is 0. The topological polar surface area (TPSA) is 52.5 Å². The summed E-state index contributed by atoms with van der Waals surface area (Å²) in [4.78, 5) is 0. The van der Waals surface area contributed by atoms with E-state index in [0.29, 0.717) is 33.5 Å². The van der Waals surface area contributed by atoms with Gasteiger partial charge in [-0.05, 0) is 128 Å². The van der Waals surface area contributed by atoms with E-state index < -0.39 is 0 Å². The Bertz CT molecular complexity index is 837. The summed E-state index contributed by atoms with van der Waals surface area (Å²) < 4.78 is 0. The Labute approximate surface area is 215 Å².